The average molecular weight is 388 g/mol. The number of amides is 1. The second kappa shape index (κ2) is 6.25. The van der Waals surface area contributed by atoms with Gasteiger partial charge in [0, 0.05) is 16.0 Å². The van der Waals surface area contributed by atoms with Gasteiger partial charge in [-0.25, -0.2) is 8.78 Å². The molecule has 0 aliphatic heterocycles. The van der Waals surface area contributed by atoms with Gasteiger partial charge in [-0.3, -0.25) is 9.78 Å². The Morgan fingerprint density at radius 3 is 2.65 bits per heavy atom. The number of aromatic nitrogens is 1. The number of rotatable bonds is 3. The van der Waals surface area contributed by atoms with E-state index >= 15 is 0 Å². The fourth-order valence-corrected chi connectivity index (χ4v) is 2.18. The Labute approximate surface area is 128 Å². The first-order chi connectivity index (χ1) is 9.47. The summed E-state index contributed by atoms with van der Waals surface area (Å²) in [6.45, 7) is 1.70. The second-order valence-electron chi connectivity index (χ2n) is 4.26. The van der Waals surface area contributed by atoms with Gasteiger partial charge in [0.2, 0.25) is 0 Å². The largest absolute Gasteiger partial charge is 0.345 e. The van der Waals surface area contributed by atoms with Crippen LogP contribution in [0.4, 0.5) is 8.78 Å². The molecule has 0 saturated carbocycles. The number of carbonyl (C=O) groups is 1. The van der Waals surface area contributed by atoms with Gasteiger partial charge in [-0.2, -0.15) is 0 Å². The number of carbonyl (C=O) groups excluding carboxylic acids is 1. The van der Waals surface area contributed by atoms with Crippen molar-refractivity contribution in [2.75, 3.05) is 0 Å². The van der Waals surface area contributed by atoms with Crippen LogP contribution in [-0.2, 0) is 0 Å². The van der Waals surface area contributed by atoms with E-state index in [9.17, 15) is 13.6 Å². The number of hydrogen-bond acceptors (Lipinski definition) is 2. The van der Waals surface area contributed by atoms with E-state index in [-0.39, 0.29) is 5.91 Å². The van der Waals surface area contributed by atoms with Crippen molar-refractivity contribution in [3.8, 4) is 0 Å². The van der Waals surface area contributed by atoms with Crippen molar-refractivity contribution < 1.29 is 13.6 Å². The molecule has 1 heterocycles. The van der Waals surface area contributed by atoms with Crippen LogP contribution in [0.25, 0.3) is 0 Å². The van der Waals surface area contributed by atoms with Crippen molar-refractivity contribution in [3.63, 3.8) is 0 Å². The maximum atomic E-state index is 13.2. The minimum absolute atomic E-state index is 0.312. The Bertz CT molecular complexity index is 649. The first-order valence-corrected chi connectivity index (χ1v) is 6.91. The summed E-state index contributed by atoms with van der Waals surface area (Å²) in [7, 11) is 0. The highest BCUT2D eigenvalue weighted by Crippen LogP contribution is 2.16. The highest BCUT2D eigenvalue weighted by atomic mass is 127. The van der Waals surface area contributed by atoms with Gasteiger partial charge in [0.1, 0.15) is 0 Å². The van der Waals surface area contributed by atoms with Gasteiger partial charge in [-0.1, -0.05) is 6.07 Å². The molecule has 1 atom stereocenters. The van der Waals surface area contributed by atoms with Gasteiger partial charge in [0.15, 0.2) is 11.6 Å². The number of pyridine rings is 1. The Morgan fingerprint density at radius 2 is 2.00 bits per heavy atom. The molecule has 0 aliphatic rings. The first-order valence-electron chi connectivity index (χ1n) is 5.83. The number of hydrogen-bond donors (Lipinski definition) is 1. The maximum absolute atomic E-state index is 13.2. The molecule has 104 valence electrons. The van der Waals surface area contributed by atoms with Gasteiger partial charge in [0.05, 0.1) is 11.6 Å². The SMILES string of the molecule is CC(NC(=O)c1cncc(I)c1)c1ccc(F)c(F)c1. The fourth-order valence-electron chi connectivity index (χ4n) is 1.68. The lowest BCUT2D eigenvalue weighted by Gasteiger charge is -2.14. The summed E-state index contributed by atoms with van der Waals surface area (Å²) in [5.41, 5.74) is 0.919. The Morgan fingerprint density at radius 1 is 1.25 bits per heavy atom. The zero-order valence-electron chi connectivity index (χ0n) is 10.5. The number of halogens is 3. The number of nitrogens with zero attached hydrogens (tertiary/aromatic N) is 1. The van der Waals surface area contributed by atoms with Crippen LogP contribution in [0.3, 0.4) is 0 Å². The van der Waals surface area contributed by atoms with E-state index in [1.54, 1.807) is 19.2 Å². The molecular formula is C14H11F2IN2O. The monoisotopic (exact) mass is 388 g/mol. The summed E-state index contributed by atoms with van der Waals surface area (Å²) in [6.07, 6.45) is 3.09. The summed E-state index contributed by atoms with van der Waals surface area (Å²) < 4.78 is 26.9. The first kappa shape index (κ1) is 14.8. The van der Waals surface area contributed by atoms with Gasteiger partial charge < -0.3 is 5.32 Å². The van der Waals surface area contributed by atoms with E-state index in [0.29, 0.717) is 11.1 Å². The summed E-state index contributed by atoms with van der Waals surface area (Å²) >= 11 is 2.06. The molecule has 6 heteroatoms. The number of benzene rings is 1. The molecule has 1 N–H and O–H groups in total. The molecule has 0 fully saturated rings. The molecule has 2 rings (SSSR count). The molecule has 1 amide bonds. The smallest absolute Gasteiger partial charge is 0.253 e. The molecule has 1 unspecified atom stereocenters. The lowest BCUT2D eigenvalue weighted by atomic mass is 10.1. The van der Waals surface area contributed by atoms with Crippen LogP contribution in [0.15, 0.2) is 36.7 Å². The topological polar surface area (TPSA) is 42.0 Å². The third-order valence-electron chi connectivity index (χ3n) is 2.76. The summed E-state index contributed by atoms with van der Waals surface area (Å²) in [6, 6.07) is 4.82. The van der Waals surface area contributed by atoms with E-state index in [2.05, 4.69) is 32.9 Å². The molecule has 0 bridgehead atoms. The van der Waals surface area contributed by atoms with Crippen LogP contribution in [-0.4, -0.2) is 10.9 Å². The average Bonchev–Trinajstić information content (AvgIpc) is 2.41. The van der Waals surface area contributed by atoms with Crippen LogP contribution in [0, 0.1) is 15.2 Å². The van der Waals surface area contributed by atoms with Gasteiger partial charge >= 0.3 is 0 Å². The van der Waals surface area contributed by atoms with Crippen molar-refractivity contribution in [1.82, 2.24) is 10.3 Å². The Kier molecular flexibility index (Phi) is 4.64. The normalized spacial score (nSPS) is 12.0. The van der Waals surface area contributed by atoms with Crippen LogP contribution in [0.1, 0.15) is 28.9 Å². The van der Waals surface area contributed by atoms with Crippen molar-refractivity contribution >= 4 is 28.5 Å². The predicted octanol–water partition coefficient (Wildman–Crippen LogP) is 3.46. The van der Waals surface area contributed by atoms with E-state index in [0.717, 1.165) is 15.7 Å². The quantitative estimate of drug-likeness (QED) is 0.819. The third-order valence-corrected chi connectivity index (χ3v) is 3.35. The minimum atomic E-state index is -0.931. The van der Waals surface area contributed by atoms with E-state index < -0.39 is 17.7 Å². The third kappa shape index (κ3) is 3.50. The molecule has 20 heavy (non-hydrogen) atoms. The van der Waals surface area contributed by atoms with Gasteiger partial charge in [0.25, 0.3) is 5.91 Å². The molecule has 0 saturated heterocycles. The summed E-state index contributed by atoms with van der Waals surface area (Å²) in [5.74, 6) is -2.15. The lowest BCUT2D eigenvalue weighted by molar-refractivity contribution is 0.0939. The van der Waals surface area contributed by atoms with Crippen LogP contribution < -0.4 is 5.32 Å². The van der Waals surface area contributed by atoms with Gasteiger partial charge in [-0.15, -0.1) is 0 Å². The molecule has 1 aromatic carbocycles. The highest BCUT2D eigenvalue weighted by Gasteiger charge is 2.13. The van der Waals surface area contributed by atoms with Crippen molar-refractivity contribution in [3.05, 3.63) is 63.0 Å². The zero-order valence-corrected chi connectivity index (χ0v) is 12.7. The van der Waals surface area contributed by atoms with Gasteiger partial charge in [-0.05, 0) is 53.3 Å². The highest BCUT2D eigenvalue weighted by molar-refractivity contribution is 14.1. The maximum Gasteiger partial charge on any atom is 0.253 e. The van der Waals surface area contributed by atoms with Crippen molar-refractivity contribution in [2.24, 2.45) is 0 Å². The van der Waals surface area contributed by atoms with E-state index in [1.165, 1.54) is 12.3 Å². The minimum Gasteiger partial charge on any atom is -0.345 e. The standard InChI is InChI=1S/C14H11F2IN2O/c1-8(9-2-3-12(15)13(16)5-9)19-14(20)10-4-11(17)7-18-6-10/h2-8H,1H3,(H,19,20). The Balaban J connectivity index is 2.13. The molecule has 1 aromatic heterocycles. The van der Waals surface area contributed by atoms with Crippen LogP contribution >= 0.6 is 22.6 Å². The van der Waals surface area contributed by atoms with Crippen molar-refractivity contribution in [1.29, 1.82) is 0 Å². The van der Waals surface area contributed by atoms with Crippen LogP contribution in [0.2, 0.25) is 0 Å². The Hall–Kier alpha value is -1.57. The van der Waals surface area contributed by atoms with E-state index in [4.69, 9.17) is 0 Å². The van der Waals surface area contributed by atoms with Crippen LogP contribution in [0.5, 0.6) is 0 Å². The summed E-state index contributed by atoms with van der Waals surface area (Å²) in [4.78, 5) is 15.9. The molecule has 3 nitrogen and oxygen atoms in total. The fraction of sp³-hybridized carbons (Fsp3) is 0.143. The molecular weight excluding hydrogens is 377 g/mol. The number of nitrogens with one attached hydrogen (secondary N) is 1. The molecule has 0 spiro atoms. The predicted molar refractivity (Wildman–Crippen MR) is 79.2 cm³/mol. The van der Waals surface area contributed by atoms with Crippen molar-refractivity contribution in [2.45, 2.75) is 13.0 Å². The second-order valence-corrected chi connectivity index (χ2v) is 5.51. The lowest BCUT2D eigenvalue weighted by Crippen LogP contribution is -2.26. The zero-order chi connectivity index (χ0) is 14.7. The molecule has 0 aliphatic carbocycles. The summed E-state index contributed by atoms with van der Waals surface area (Å²) in [5, 5.41) is 2.71. The van der Waals surface area contributed by atoms with E-state index in [1.807, 2.05) is 0 Å². The molecule has 0 radical (unpaired) electrons. The molecule has 2 aromatic rings.